The van der Waals surface area contributed by atoms with Gasteiger partial charge in [-0.1, -0.05) is 36.4 Å². The van der Waals surface area contributed by atoms with Gasteiger partial charge in [0.25, 0.3) is 0 Å². The number of morpholine rings is 1. The van der Waals surface area contributed by atoms with Gasteiger partial charge in [-0.2, -0.15) is 0 Å². The molecule has 3 heterocycles. The van der Waals surface area contributed by atoms with Crippen molar-refractivity contribution in [3.63, 3.8) is 0 Å². The predicted octanol–water partition coefficient (Wildman–Crippen LogP) is 3.62. The van der Waals surface area contributed by atoms with Gasteiger partial charge in [-0.25, -0.2) is 9.98 Å². The standard InChI is InChI=1S/C24H32N4O3.HI/c1-2-25-24(28-13-15-30-22(17-28)21-11-7-14-29-21)27-16-20-10-6-12-26-23(20)31-18-19-8-4-3-5-9-19;/h3-6,8-10,12,21-22H,2,7,11,13-18H2,1H3,(H,25,27);1H. The van der Waals surface area contributed by atoms with Gasteiger partial charge < -0.3 is 24.4 Å². The lowest BCUT2D eigenvalue weighted by molar-refractivity contribution is -0.0817. The molecular formula is C24H33IN4O3. The van der Waals surface area contributed by atoms with E-state index in [4.69, 9.17) is 19.2 Å². The fraction of sp³-hybridized carbons (Fsp3) is 0.500. The monoisotopic (exact) mass is 552 g/mol. The first-order valence-corrected chi connectivity index (χ1v) is 11.2. The lowest BCUT2D eigenvalue weighted by atomic mass is 10.1. The van der Waals surface area contributed by atoms with Gasteiger partial charge in [0.1, 0.15) is 12.7 Å². The van der Waals surface area contributed by atoms with Crippen LogP contribution in [0.4, 0.5) is 0 Å². The SMILES string of the molecule is CCNC(=NCc1cccnc1OCc1ccccc1)N1CCOC(C2CCCO2)C1.I. The Morgan fingerprint density at radius 1 is 1.16 bits per heavy atom. The normalized spacial score (nSPS) is 21.2. The minimum Gasteiger partial charge on any atom is -0.473 e. The molecule has 1 N–H and O–H groups in total. The van der Waals surface area contributed by atoms with Crippen molar-refractivity contribution in [2.24, 2.45) is 4.99 Å². The molecule has 2 unspecified atom stereocenters. The third-order valence-corrected chi connectivity index (χ3v) is 5.57. The van der Waals surface area contributed by atoms with Crippen molar-refractivity contribution in [1.29, 1.82) is 0 Å². The number of guanidine groups is 1. The van der Waals surface area contributed by atoms with Crippen LogP contribution in [0.1, 0.15) is 30.9 Å². The molecule has 2 saturated heterocycles. The minimum absolute atomic E-state index is 0. The van der Waals surface area contributed by atoms with Gasteiger partial charge in [-0.15, -0.1) is 24.0 Å². The second kappa shape index (κ2) is 13.0. The van der Waals surface area contributed by atoms with Crippen LogP contribution in [0.25, 0.3) is 0 Å². The first-order chi connectivity index (χ1) is 15.3. The molecule has 2 aliphatic rings. The van der Waals surface area contributed by atoms with Crippen molar-refractivity contribution in [3.8, 4) is 5.88 Å². The molecule has 7 nitrogen and oxygen atoms in total. The van der Waals surface area contributed by atoms with Gasteiger partial charge in [0.05, 0.1) is 19.3 Å². The number of hydrogen-bond donors (Lipinski definition) is 1. The van der Waals surface area contributed by atoms with E-state index in [1.807, 2.05) is 42.5 Å². The van der Waals surface area contributed by atoms with Crippen molar-refractivity contribution in [2.45, 2.75) is 45.1 Å². The lowest BCUT2D eigenvalue weighted by Gasteiger charge is -2.37. The van der Waals surface area contributed by atoms with Crippen molar-refractivity contribution >= 4 is 29.9 Å². The Labute approximate surface area is 207 Å². The molecule has 0 saturated carbocycles. The summed E-state index contributed by atoms with van der Waals surface area (Å²) >= 11 is 0. The molecule has 0 aliphatic carbocycles. The van der Waals surface area contributed by atoms with Crippen LogP contribution in [0.5, 0.6) is 5.88 Å². The van der Waals surface area contributed by atoms with Crippen LogP contribution in [-0.4, -0.2) is 60.9 Å². The summed E-state index contributed by atoms with van der Waals surface area (Å²) in [5, 5.41) is 3.43. The topological polar surface area (TPSA) is 68.2 Å². The molecule has 0 spiro atoms. The van der Waals surface area contributed by atoms with E-state index in [0.717, 1.165) is 56.2 Å². The second-order valence-corrected chi connectivity index (χ2v) is 7.82. The molecule has 2 aromatic rings. The smallest absolute Gasteiger partial charge is 0.218 e. The third-order valence-electron chi connectivity index (χ3n) is 5.57. The molecule has 1 aromatic carbocycles. The molecule has 2 aliphatic heterocycles. The maximum Gasteiger partial charge on any atom is 0.218 e. The number of aliphatic imine (C=N–C) groups is 1. The predicted molar refractivity (Wildman–Crippen MR) is 136 cm³/mol. The minimum atomic E-state index is 0. The lowest BCUT2D eigenvalue weighted by Crippen LogP contribution is -2.53. The van der Waals surface area contributed by atoms with E-state index in [9.17, 15) is 0 Å². The van der Waals surface area contributed by atoms with Crippen LogP contribution in [-0.2, 0) is 22.6 Å². The van der Waals surface area contributed by atoms with Crippen molar-refractivity contribution < 1.29 is 14.2 Å². The molecule has 1 aromatic heterocycles. The van der Waals surface area contributed by atoms with Crippen LogP contribution >= 0.6 is 24.0 Å². The first-order valence-electron chi connectivity index (χ1n) is 11.2. The van der Waals surface area contributed by atoms with E-state index in [1.54, 1.807) is 6.20 Å². The van der Waals surface area contributed by atoms with E-state index < -0.39 is 0 Å². The summed E-state index contributed by atoms with van der Waals surface area (Å²) in [5.74, 6) is 1.52. The molecular weight excluding hydrogens is 519 g/mol. The molecule has 32 heavy (non-hydrogen) atoms. The summed E-state index contributed by atoms with van der Waals surface area (Å²) in [6.45, 7) is 7.03. The van der Waals surface area contributed by atoms with Gasteiger partial charge in [-0.05, 0) is 31.4 Å². The Morgan fingerprint density at radius 3 is 2.78 bits per heavy atom. The molecule has 0 radical (unpaired) electrons. The average molecular weight is 552 g/mol. The fourth-order valence-corrected chi connectivity index (χ4v) is 3.97. The number of nitrogens with zero attached hydrogens (tertiary/aromatic N) is 3. The Morgan fingerprint density at radius 2 is 2.00 bits per heavy atom. The van der Waals surface area contributed by atoms with Gasteiger partial charge in [0.2, 0.25) is 5.88 Å². The van der Waals surface area contributed by atoms with Gasteiger partial charge in [-0.3, -0.25) is 0 Å². The van der Waals surface area contributed by atoms with Crippen LogP contribution in [0.2, 0.25) is 0 Å². The van der Waals surface area contributed by atoms with Crippen LogP contribution in [0.15, 0.2) is 53.7 Å². The second-order valence-electron chi connectivity index (χ2n) is 7.82. The van der Waals surface area contributed by atoms with E-state index in [-0.39, 0.29) is 36.2 Å². The third kappa shape index (κ3) is 6.79. The highest BCUT2D eigenvalue weighted by atomic mass is 127. The molecule has 0 amide bonds. The molecule has 4 rings (SSSR count). The van der Waals surface area contributed by atoms with Crippen LogP contribution in [0.3, 0.4) is 0 Å². The Hall–Kier alpha value is -1.91. The number of pyridine rings is 1. The zero-order valence-electron chi connectivity index (χ0n) is 18.6. The van der Waals surface area contributed by atoms with Crippen molar-refractivity contribution in [1.82, 2.24) is 15.2 Å². The molecule has 2 fully saturated rings. The summed E-state index contributed by atoms with van der Waals surface area (Å²) in [6.07, 6.45) is 4.24. The maximum absolute atomic E-state index is 6.00. The quantitative estimate of drug-likeness (QED) is 0.322. The summed E-state index contributed by atoms with van der Waals surface area (Å²) in [5.41, 5.74) is 2.09. The molecule has 8 heteroatoms. The number of rotatable bonds is 7. The highest BCUT2D eigenvalue weighted by Gasteiger charge is 2.32. The van der Waals surface area contributed by atoms with E-state index >= 15 is 0 Å². The Balaban J connectivity index is 0.00000289. The summed E-state index contributed by atoms with van der Waals surface area (Å²) in [6, 6.07) is 14.1. The highest BCUT2D eigenvalue weighted by molar-refractivity contribution is 14.0. The number of nitrogens with one attached hydrogen (secondary N) is 1. The number of benzene rings is 1. The van der Waals surface area contributed by atoms with Crippen LogP contribution < -0.4 is 10.1 Å². The summed E-state index contributed by atoms with van der Waals surface area (Å²) < 4.78 is 17.8. The van der Waals surface area contributed by atoms with Crippen molar-refractivity contribution in [2.75, 3.05) is 32.8 Å². The average Bonchev–Trinajstić information content (AvgIpc) is 3.37. The fourth-order valence-electron chi connectivity index (χ4n) is 3.97. The number of ether oxygens (including phenoxy) is 3. The molecule has 174 valence electrons. The number of aromatic nitrogens is 1. The van der Waals surface area contributed by atoms with E-state index in [1.165, 1.54) is 0 Å². The molecule has 2 atom stereocenters. The molecule has 0 bridgehead atoms. The van der Waals surface area contributed by atoms with Crippen LogP contribution in [0, 0.1) is 0 Å². The van der Waals surface area contributed by atoms with Gasteiger partial charge in [0, 0.05) is 38.0 Å². The summed E-state index contributed by atoms with van der Waals surface area (Å²) in [7, 11) is 0. The van der Waals surface area contributed by atoms with Gasteiger partial charge in [0.15, 0.2) is 5.96 Å². The first kappa shape index (κ1) is 24.7. The zero-order valence-corrected chi connectivity index (χ0v) is 20.9. The summed E-state index contributed by atoms with van der Waals surface area (Å²) in [4.78, 5) is 11.6. The Kier molecular flexibility index (Phi) is 10.0. The number of halogens is 1. The highest BCUT2D eigenvalue weighted by Crippen LogP contribution is 2.22. The van der Waals surface area contributed by atoms with E-state index in [2.05, 4.69) is 22.1 Å². The number of hydrogen-bond acceptors (Lipinski definition) is 5. The van der Waals surface area contributed by atoms with Gasteiger partial charge >= 0.3 is 0 Å². The van der Waals surface area contributed by atoms with Crippen molar-refractivity contribution in [3.05, 3.63) is 59.8 Å². The Bertz CT molecular complexity index is 846. The largest absolute Gasteiger partial charge is 0.473 e. The zero-order chi connectivity index (χ0) is 21.3. The maximum atomic E-state index is 6.00. The van der Waals surface area contributed by atoms with E-state index in [0.29, 0.717) is 25.6 Å².